The molecule has 1 rings (SSSR count). The number of alkyl carbamates (subject to hydrolysis) is 1. The molecule has 0 saturated heterocycles. The summed E-state index contributed by atoms with van der Waals surface area (Å²) in [6, 6.07) is 5.99. The molecule has 1 N–H and O–H groups in total. The van der Waals surface area contributed by atoms with E-state index in [1.807, 2.05) is 5.32 Å². The molecule has 0 fully saturated rings. The van der Waals surface area contributed by atoms with Gasteiger partial charge in [0.25, 0.3) is 5.91 Å². The van der Waals surface area contributed by atoms with Gasteiger partial charge in [-0.05, 0) is 19.1 Å². The average molecular weight is 315 g/mol. The van der Waals surface area contributed by atoms with Crippen molar-refractivity contribution in [2.45, 2.75) is 17.9 Å². The largest absolute Gasteiger partial charge is 0.453 e. The lowest BCUT2D eigenvalue weighted by molar-refractivity contribution is -0.152. The molecule has 0 aliphatic rings. The second-order valence-corrected chi connectivity index (χ2v) is 4.85. The van der Waals surface area contributed by atoms with Gasteiger partial charge in [0.2, 0.25) is 0 Å². The maximum atomic E-state index is 13.3. The minimum Gasteiger partial charge on any atom is -0.453 e. The van der Waals surface area contributed by atoms with Crippen molar-refractivity contribution in [3.05, 3.63) is 30.1 Å². The van der Waals surface area contributed by atoms with Gasteiger partial charge in [-0.1, -0.05) is 12.1 Å². The number of methoxy groups -OCH3 is 1. The first kappa shape index (κ1) is 17.0. The predicted molar refractivity (Wildman–Crippen MR) is 73.2 cm³/mol. The van der Waals surface area contributed by atoms with E-state index in [9.17, 15) is 18.8 Å². The van der Waals surface area contributed by atoms with E-state index >= 15 is 0 Å². The van der Waals surface area contributed by atoms with Crippen LogP contribution in [0.3, 0.4) is 0 Å². The Morgan fingerprint density at radius 2 is 2.00 bits per heavy atom. The number of rotatable bonds is 5. The van der Waals surface area contributed by atoms with Crippen molar-refractivity contribution in [3.63, 3.8) is 0 Å². The van der Waals surface area contributed by atoms with E-state index in [-0.39, 0.29) is 5.75 Å². The smallest absolute Gasteiger partial charge is 0.413 e. The number of nitrogens with one attached hydrogen (secondary N) is 1. The number of carbonyl (C=O) groups excluding carboxylic acids is 3. The van der Waals surface area contributed by atoms with Crippen molar-refractivity contribution in [2.75, 3.05) is 12.9 Å². The molecule has 0 heterocycles. The van der Waals surface area contributed by atoms with E-state index in [4.69, 9.17) is 4.74 Å². The number of ether oxygens (including phenoxy) is 2. The van der Waals surface area contributed by atoms with E-state index in [1.165, 1.54) is 25.1 Å². The second kappa shape index (κ2) is 8.25. The molecule has 0 spiro atoms. The molecule has 21 heavy (non-hydrogen) atoms. The Balaban J connectivity index is 2.41. The number of hydrogen-bond acceptors (Lipinski definition) is 6. The number of esters is 1. The fourth-order valence-electron chi connectivity index (χ4n) is 1.24. The molecule has 0 bridgehead atoms. The third-order valence-electron chi connectivity index (χ3n) is 2.27. The van der Waals surface area contributed by atoms with Crippen LogP contribution < -0.4 is 5.32 Å². The Morgan fingerprint density at radius 1 is 1.33 bits per heavy atom. The number of imide groups is 1. The first-order chi connectivity index (χ1) is 9.93. The Hall–Kier alpha value is -2.09. The van der Waals surface area contributed by atoms with Gasteiger partial charge >= 0.3 is 12.1 Å². The van der Waals surface area contributed by atoms with Crippen LogP contribution >= 0.6 is 11.8 Å². The normalized spacial score (nSPS) is 11.4. The van der Waals surface area contributed by atoms with E-state index in [1.54, 1.807) is 6.07 Å². The van der Waals surface area contributed by atoms with Crippen molar-refractivity contribution in [1.82, 2.24) is 5.32 Å². The summed E-state index contributed by atoms with van der Waals surface area (Å²) in [4.78, 5) is 34.1. The molecule has 1 atom stereocenters. The Kier molecular flexibility index (Phi) is 6.67. The number of hydrogen-bond donors (Lipinski definition) is 1. The number of halogens is 1. The molecule has 6 nitrogen and oxygen atoms in total. The summed E-state index contributed by atoms with van der Waals surface area (Å²) in [6.45, 7) is 1.31. The van der Waals surface area contributed by atoms with Crippen LogP contribution in [0.1, 0.15) is 6.92 Å². The summed E-state index contributed by atoms with van der Waals surface area (Å²) < 4.78 is 22.4. The number of thioether (sulfide) groups is 1. The van der Waals surface area contributed by atoms with Crippen molar-refractivity contribution < 1.29 is 28.2 Å². The van der Waals surface area contributed by atoms with Gasteiger partial charge in [-0.2, -0.15) is 0 Å². The van der Waals surface area contributed by atoms with E-state index in [0.717, 1.165) is 18.9 Å². The monoisotopic (exact) mass is 315 g/mol. The van der Waals surface area contributed by atoms with Gasteiger partial charge in [-0.15, -0.1) is 11.8 Å². The first-order valence-electron chi connectivity index (χ1n) is 5.89. The molecule has 0 radical (unpaired) electrons. The summed E-state index contributed by atoms with van der Waals surface area (Å²) in [5.74, 6) is -2.09. The number of carbonyl (C=O) groups is 3. The van der Waals surface area contributed by atoms with Crippen LogP contribution in [0.4, 0.5) is 9.18 Å². The maximum Gasteiger partial charge on any atom is 0.413 e. The topological polar surface area (TPSA) is 81.7 Å². The molecule has 0 aliphatic heterocycles. The summed E-state index contributed by atoms with van der Waals surface area (Å²) >= 11 is 0.954. The van der Waals surface area contributed by atoms with Crippen LogP contribution in [-0.4, -0.2) is 36.9 Å². The zero-order valence-corrected chi connectivity index (χ0v) is 12.2. The second-order valence-electron chi connectivity index (χ2n) is 3.83. The van der Waals surface area contributed by atoms with Crippen LogP contribution in [0, 0.1) is 5.82 Å². The lowest BCUT2D eigenvalue weighted by atomic mass is 10.3. The summed E-state index contributed by atoms with van der Waals surface area (Å²) in [6.07, 6.45) is -2.10. The SMILES string of the molecule is COC(=O)NC(=O)[C@@H](C)OC(=O)CSc1ccccc1F. The lowest BCUT2D eigenvalue weighted by Crippen LogP contribution is -2.39. The highest BCUT2D eigenvalue weighted by molar-refractivity contribution is 8.00. The van der Waals surface area contributed by atoms with Gasteiger partial charge in [0.15, 0.2) is 6.10 Å². The molecule has 0 saturated carbocycles. The van der Waals surface area contributed by atoms with Crippen molar-refractivity contribution >= 4 is 29.7 Å². The van der Waals surface area contributed by atoms with E-state index in [2.05, 4.69) is 4.74 Å². The van der Waals surface area contributed by atoms with Gasteiger partial charge < -0.3 is 9.47 Å². The van der Waals surface area contributed by atoms with Crippen LogP contribution in [0.5, 0.6) is 0 Å². The summed E-state index contributed by atoms with van der Waals surface area (Å²) in [5, 5.41) is 1.87. The highest BCUT2D eigenvalue weighted by atomic mass is 32.2. The summed E-state index contributed by atoms with van der Waals surface area (Å²) in [7, 11) is 1.10. The Labute approximate surface area is 125 Å². The third kappa shape index (κ3) is 5.82. The number of amides is 2. The van der Waals surface area contributed by atoms with Gasteiger partial charge in [0.05, 0.1) is 12.9 Å². The molecule has 1 aromatic carbocycles. The Morgan fingerprint density at radius 3 is 2.62 bits per heavy atom. The maximum absolute atomic E-state index is 13.3. The van der Waals surface area contributed by atoms with Gasteiger partial charge in [0, 0.05) is 4.90 Å². The quantitative estimate of drug-likeness (QED) is 0.658. The van der Waals surface area contributed by atoms with Crippen molar-refractivity contribution in [3.8, 4) is 0 Å². The minimum atomic E-state index is -1.15. The van der Waals surface area contributed by atoms with Crippen LogP contribution in [-0.2, 0) is 19.1 Å². The minimum absolute atomic E-state index is 0.156. The van der Waals surface area contributed by atoms with Crippen LogP contribution in [0.25, 0.3) is 0 Å². The van der Waals surface area contributed by atoms with Crippen LogP contribution in [0.15, 0.2) is 29.2 Å². The molecule has 8 heteroatoms. The van der Waals surface area contributed by atoms with Crippen molar-refractivity contribution in [2.24, 2.45) is 0 Å². The van der Waals surface area contributed by atoms with Gasteiger partial charge in [0.1, 0.15) is 5.82 Å². The zero-order chi connectivity index (χ0) is 15.8. The molecule has 1 aromatic rings. The standard InChI is InChI=1S/C13H14FNO5S/c1-8(12(17)15-13(18)19-2)20-11(16)7-21-10-6-4-3-5-9(10)14/h3-6,8H,7H2,1-2H3,(H,15,17,18)/t8-/m1/s1. The molecule has 0 aliphatic carbocycles. The fourth-order valence-corrected chi connectivity index (χ4v) is 1.96. The predicted octanol–water partition coefficient (Wildman–Crippen LogP) is 1.73. The zero-order valence-electron chi connectivity index (χ0n) is 11.4. The van der Waals surface area contributed by atoms with E-state index in [0.29, 0.717) is 4.90 Å². The molecule has 0 unspecified atom stereocenters. The molecule has 0 aromatic heterocycles. The molecule has 114 valence electrons. The first-order valence-corrected chi connectivity index (χ1v) is 6.88. The Bertz CT molecular complexity index is 537. The molecule has 2 amide bonds. The van der Waals surface area contributed by atoms with Crippen molar-refractivity contribution in [1.29, 1.82) is 0 Å². The van der Waals surface area contributed by atoms with E-state index < -0.39 is 29.9 Å². The number of benzene rings is 1. The fraction of sp³-hybridized carbons (Fsp3) is 0.308. The highest BCUT2D eigenvalue weighted by Gasteiger charge is 2.20. The van der Waals surface area contributed by atoms with Gasteiger partial charge in [-0.25, -0.2) is 9.18 Å². The lowest BCUT2D eigenvalue weighted by Gasteiger charge is -2.12. The van der Waals surface area contributed by atoms with Gasteiger partial charge in [-0.3, -0.25) is 14.9 Å². The average Bonchev–Trinajstić information content (AvgIpc) is 2.46. The summed E-state index contributed by atoms with van der Waals surface area (Å²) in [5.41, 5.74) is 0. The third-order valence-corrected chi connectivity index (χ3v) is 3.29. The molecular formula is C13H14FNO5S. The van der Waals surface area contributed by atoms with Crippen LogP contribution in [0.2, 0.25) is 0 Å². The molecular weight excluding hydrogens is 301 g/mol. The highest BCUT2D eigenvalue weighted by Crippen LogP contribution is 2.21.